The average Bonchev–Trinajstić information content (AvgIpc) is 2.81. The zero-order valence-corrected chi connectivity index (χ0v) is 11.8. The molecule has 0 atom stereocenters. The van der Waals surface area contributed by atoms with Crippen molar-refractivity contribution in [1.29, 1.82) is 0 Å². The maximum absolute atomic E-state index is 9.99. The molecule has 0 saturated heterocycles. The van der Waals surface area contributed by atoms with E-state index < -0.39 is 0 Å². The summed E-state index contributed by atoms with van der Waals surface area (Å²) in [6.07, 6.45) is 3.97. The fourth-order valence-electron chi connectivity index (χ4n) is 1.78. The number of nitrogens with zero attached hydrogens (tertiary/aromatic N) is 2. The van der Waals surface area contributed by atoms with Gasteiger partial charge >= 0.3 is 0 Å². The van der Waals surface area contributed by atoms with Crippen LogP contribution in [0.15, 0.2) is 28.5 Å². The minimum absolute atomic E-state index is 0.0121. The van der Waals surface area contributed by atoms with Gasteiger partial charge in [0.1, 0.15) is 17.3 Å². The second-order valence-electron chi connectivity index (χ2n) is 3.79. The smallest absolute Gasteiger partial charge is 0.138 e. The minimum Gasteiger partial charge on any atom is -0.507 e. The van der Waals surface area contributed by atoms with Gasteiger partial charge in [-0.25, -0.2) is 4.98 Å². The van der Waals surface area contributed by atoms with Gasteiger partial charge in [-0.2, -0.15) is 0 Å². The molecule has 1 N–H and O–H groups in total. The summed E-state index contributed by atoms with van der Waals surface area (Å²) in [6.45, 7) is 0. The van der Waals surface area contributed by atoms with Crippen LogP contribution in [-0.2, 0) is 0 Å². The number of halogens is 1. The Morgan fingerprint density at radius 3 is 3.00 bits per heavy atom. The number of fused-ring (bicyclic) bond motifs is 1. The first-order valence-electron chi connectivity index (χ1n) is 5.36. The standard InChI is InChI=1S/C13H11IN2O2/c1-18-9-2-3-10(12(17)6-9)11-7-16-8-14-5-4-13(16)15-11/h2-8,17H,1H3. The first-order chi connectivity index (χ1) is 8.78. The Kier molecular flexibility index (Phi) is 2.91. The van der Waals surface area contributed by atoms with Crippen LogP contribution in [-0.4, -0.2) is 25.9 Å². The lowest BCUT2D eigenvalue weighted by molar-refractivity contribution is 0.408. The molecule has 1 aromatic carbocycles. The maximum Gasteiger partial charge on any atom is 0.138 e. The highest BCUT2D eigenvalue weighted by Gasteiger charge is 2.12. The predicted octanol–water partition coefficient (Wildman–Crippen LogP) is 2.83. The van der Waals surface area contributed by atoms with Crippen molar-refractivity contribution in [2.75, 3.05) is 7.11 Å². The summed E-state index contributed by atoms with van der Waals surface area (Å²) in [5.41, 5.74) is 1.50. The zero-order chi connectivity index (χ0) is 12.5. The summed E-state index contributed by atoms with van der Waals surface area (Å²) in [5, 5.41) is 9.99. The molecule has 18 heavy (non-hydrogen) atoms. The van der Waals surface area contributed by atoms with Crippen molar-refractivity contribution in [3.8, 4) is 22.8 Å². The maximum atomic E-state index is 9.99. The van der Waals surface area contributed by atoms with E-state index in [1.165, 1.54) is 0 Å². The summed E-state index contributed by atoms with van der Waals surface area (Å²) in [5.74, 6) is 1.73. The van der Waals surface area contributed by atoms with E-state index in [0.29, 0.717) is 5.75 Å². The molecular weight excluding hydrogens is 343 g/mol. The largest absolute Gasteiger partial charge is 0.507 e. The number of phenols is 1. The number of rotatable bonds is 2. The van der Waals surface area contributed by atoms with Gasteiger partial charge in [0, 0.05) is 22.0 Å². The Hall–Kier alpha value is -1.63. The molecule has 3 rings (SSSR count). The lowest BCUT2D eigenvalue weighted by Crippen LogP contribution is -1.95. The SMILES string of the molecule is COc1ccc(-c2cn3c(n2)C=CI=C3)c(O)c1. The summed E-state index contributed by atoms with van der Waals surface area (Å²) in [7, 11) is 1.58. The molecule has 0 unspecified atom stereocenters. The fourth-order valence-corrected chi connectivity index (χ4v) is 3.29. The highest BCUT2D eigenvalue weighted by atomic mass is 127. The van der Waals surface area contributed by atoms with E-state index in [2.05, 4.69) is 13.2 Å². The van der Waals surface area contributed by atoms with Gasteiger partial charge < -0.3 is 14.4 Å². The minimum atomic E-state index is -0.0121. The van der Waals surface area contributed by atoms with Crippen LogP contribution in [0.2, 0.25) is 0 Å². The van der Waals surface area contributed by atoms with Crippen molar-refractivity contribution in [3.63, 3.8) is 0 Å². The van der Waals surface area contributed by atoms with E-state index in [0.717, 1.165) is 17.1 Å². The highest BCUT2D eigenvalue weighted by molar-refractivity contribution is 14.2. The topological polar surface area (TPSA) is 47.3 Å². The van der Waals surface area contributed by atoms with Gasteiger partial charge in [-0.3, -0.25) is 0 Å². The van der Waals surface area contributed by atoms with Gasteiger partial charge in [0.25, 0.3) is 0 Å². The van der Waals surface area contributed by atoms with Gasteiger partial charge in [0.05, 0.1) is 12.8 Å². The average molecular weight is 354 g/mol. The van der Waals surface area contributed by atoms with Crippen molar-refractivity contribution in [3.05, 3.63) is 34.3 Å². The van der Waals surface area contributed by atoms with Crippen LogP contribution in [0.1, 0.15) is 5.82 Å². The van der Waals surface area contributed by atoms with Gasteiger partial charge in [-0.15, -0.1) is 0 Å². The second-order valence-corrected chi connectivity index (χ2v) is 5.79. The van der Waals surface area contributed by atoms with Crippen molar-refractivity contribution >= 4 is 30.9 Å². The number of aromatic nitrogens is 2. The van der Waals surface area contributed by atoms with Crippen LogP contribution < -0.4 is 4.74 Å². The molecule has 0 spiro atoms. The zero-order valence-electron chi connectivity index (χ0n) is 9.67. The van der Waals surface area contributed by atoms with Crippen LogP contribution in [0.25, 0.3) is 17.3 Å². The van der Waals surface area contributed by atoms with Crippen LogP contribution in [0.4, 0.5) is 0 Å². The highest BCUT2D eigenvalue weighted by Crippen LogP contribution is 2.32. The molecule has 92 valence electrons. The second kappa shape index (κ2) is 4.56. The van der Waals surface area contributed by atoms with E-state index >= 15 is 0 Å². The van der Waals surface area contributed by atoms with E-state index in [9.17, 15) is 5.11 Å². The molecule has 0 saturated carbocycles. The number of imidazole rings is 1. The van der Waals surface area contributed by atoms with Crippen LogP contribution in [0.3, 0.4) is 0 Å². The van der Waals surface area contributed by atoms with Crippen LogP contribution in [0, 0.1) is 0 Å². The molecule has 4 nitrogen and oxygen atoms in total. The van der Waals surface area contributed by atoms with Gasteiger partial charge in [0.15, 0.2) is 0 Å². The number of aromatic hydroxyl groups is 1. The molecule has 0 fully saturated rings. The van der Waals surface area contributed by atoms with Crippen LogP contribution >= 0.6 is 20.7 Å². The van der Waals surface area contributed by atoms with Gasteiger partial charge in [0.2, 0.25) is 0 Å². The number of benzene rings is 1. The van der Waals surface area contributed by atoms with E-state index in [1.54, 1.807) is 13.2 Å². The molecular formula is C13H11IN2O2. The molecule has 0 radical (unpaired) electrons. The van der Waals surface area contributed by atoms with Crippen molar-refractivity contribution in [2.24, 2.45) is 0 Å². The number of methoxy groups -OCH3 is 1. The third-order valence-electron chi connectivity index (χ3n) is 2.69. The summed E-state index contributed by atoms with van der Waals surface area (Å²) < 4.78 is 11.4. The lowest BCUT2D eigenvalue weighted by Gasteiger charge is -2.04. The van der Waals surface area contributed by atoms with E-state index in [1.807, 2.05) is 29.0 Å². The van der Waals surface area contributed by atoms with E-state index in [-0.39, 0.29) is 26.5 Å². The van der Waals surface area contributed by atoms with Crippen molar-refractivity contribution in [2.45, 2.75) is 0 Å². The Bertz CT molecular complexity index is 630. The molecule has 0 aliphatic carbocycles. The van der Waals surface area contributed by atoms with Gasteiger partial charge in [-0.05, 0) is 22.3 Å². The predicted molar refractivity (Wildman–Crippen MR) is 80.4 cm³/mol. The normalized spacial score (nSPS) is 12.9. The molecule has 2 heterocycles. The molecule has 2 aromatic rings. The number of phenolic OH excluding ortho intramolecular Hbond substituents is 1. The Morgan fingerprint density at radius 2 is 2.28 bits per heavy atom. The molecule has 1 aliphatic heterocycles. The number of hydrogen-bond acceptors (Lipinski definition) is 3. The molecule has 1 aliphatic rings. The molecule has 0 bridgehead atoms. The Balaban J connectivity index is 2.07. The summed E-state index contributed by atoms with van der Waals surface area (Å²) in [4.78, 5) is 4.50. The fraction of sp³-hybridized carbons (Fsp3) is 0.0769. The lowest BCUT2D eigenvalue weighted by atomic mass is 10.1. The third-order valence-corrected chi connectivity index (χ3v) is 4.38. The number of hydrogen-bond donors (Lipinski definition) is 1. The quantitative estimate of drug-likeness (QED) is 0.844. The first kappa shape index (κ1) is 11.5. The van der Waals surface area contributed by atoms with Crippen LogP contribution in [0.5, 0.6) is 11.5 Å². The summed E-state index contributed by atoms with van der Waals surface area (Å²) >= 11 is -0.0121. The van der Waals surface area contributed by atoms with Gasteiger partial charge in [-0.1, -0.05) is 20.7 Å². The van der Waals surface area contributed by atoms with E-state index in [4.69, 9.17) is 4.74 Å². The Morgan fingerprint density at radius 1 is 1.39 bits per heavy atom. The Labute approximate surface area is 114 Å². The monoisotopic (exact) mass is 354 g/mol. The van der Waals surface area contributed by atoms with Crippen molar-refractivity contribution in [1.82, 2.24) is 9.55 Å². The summed E-state index contributed by atoms with van der Waals surface area (Å²) in [6, 6.07) is 5.24. The number of ether oxygens (including phenoxy) is 1. The molecule has 5 heteroatoms. The van der Waals surface area contributed by atoms with Crippen molar-refractivity contribution < 1.29 is 9.84 Å². The third kappa shape index (κ3) is 1.94. The first-order valence-corrected chi connectivity index (χ1v) is 7.85. The molecule has 1 aromatic heterocycles. The molecule has 0 amide bonds.